The van der Waals surface area contributed by atoms with Gasteiger partial charge in [0.05, 0.1) is 11.0 Å². The van der Waals surface area contributed by atoms with Gasteiger partial charge < -0.3 is 5.32 Å². The Hall–Kier alpha value is -3.09. The van der Waals surface area contributed by atoms with Gasteiger partial charge in [-0.2, -0.15) is 0 Å². The maximum absolute atomic E-state index is 13.2. The molecule has 0 fully saturated rings. The molecule has 5 nitrogen and oxygen atoms in total. The smallest absolute Gasteiger partial charge is 0.270 e. The first-order chi connectivity index (χ1) is 11.4. The number of non-ortho nitro benzene ring substituents is 1. The van der Waals surface area contributed by atoms with Crippen molar-refractivity contribution in [3.8, 4) is 0 Å². The van der Waals surface area contributed by atoms with Crippen LogP contribution in [0.2, 0.25) is 0 Å². The number of hydrogen-bond donors (Lipinski definition) is 1. The summed E-state index contributed by atoms with van der Waals surface area (Å²) in [6.07, 6.45) is 2.65. The van der Waals surface area contributed by atoms with Gasteiger partial charge in [-0.05, 0) is 36.3 Å². The van der Waals surface area contributed by atoms with Crippen LogP contribution in [0.5, 0.6) is 0 Å². The summed E-state index contributed by atoms with van der Waals surface area (Å²) in [6, 6.07) is 8.69. The Labute approximate surface area is 136 Å². The average Bonchev–Trinajstić information content (AvgIpc) is 2.55. The monoisotopic (exact) mass is 332 g/mol. The van der Waals surface area contributed by atoms with Gasteiger partial charge >= 0.3 is 0 Å². The highest BCUT2D eigenvalue weighted by molar-refractivity contribution is 5.92. The van der Waals surface area contributed by atoms with Crippen molar-refractivity contribution in [3.63, 3.8) is 0 Å². The van der Waals surface area contributed by atoms with Gasteiger partial charge in [0.15, 0.2) is 11.6 Å². The maximum atomic E-state index is 13.2. The second-order valence-corrected chi connectivity index (χ2v) is 5.09. The molecule has 1 amide bonds. The summed E-state index contributed by atoms with van der Waals surface area (Å²) < 4.78 is 26.1. The molecule has 124 valence electrons. The van der Waals surface area contributed by atoms with Gasteiger partial charge in [0, 0.05) is 18.2 Å². The van der Waals surface area contributed by atoms with E-state index in [2.05, 4.69) is 5.32 Å². The van der Waals surface area contributed by atoms with Crippen molar-refractivity contribution in [2.45, 2.75) is 13.0 Å². The van der Waals surface area contributed by atoms with Crippen molar-refractivity contribution >= 4 is 17.7 Å². The van der Waals surface area contributed by atoms with Crippen LogP contribution >= 0.6 is 0 Å². The molecule has 0 radical (unpaired) electrons. The molecule has 1 atom stereocenters. The lowest BCUT2D eigenvalue weighted by Gasteiger charge is -2.13. The minimum absolute atomic E-state index is 0.0762. The Morgan fingerprint density at radius 2 is 1.96 bits per heavy atom. The number of nitro groups is 1. The highest BCUT2D eigenvalue weighted by Gasteiger charge is 2.11. The number of carbonyl (C=O) groups excluding carboxylic acids is 1. The van der Waals surface area contributed by atoms with Crippen LogP contribution in [0.3, 0.4) is 0 Å². The first-order valence-corrected chi connectivity index (χ1v) is 7.05. The molecule has 1 N–H and O–H groups in total. The number of carbonyl (C=O) groups is 1. The van der Waals surface area contributed by atoms with E-state index in [4.69, 9.17) is 0 Å². The highest BCUT2D eigenvalue weighted by Crippen LogP contribution is 2.16. The van der Waals surface area contributed by atoms with E-state index in [0.717, 1.165) is 12.1 Å². The van der Waals surface area contributed by atoms with Gasteiger partial charge in [0.2, 0.25) is 5.91 Å². The molecular formula is C17H14F2N2O3. The zero-order valence-corrected chi connectivity index (χ0v) is 12.7. The molecule has 0 saturated carbocycles. The van der Waals surface area contributed by atoms with E-state index in [0.29, 0.717) is 11.1 Å². The molecule has 7 heteroatoms. The predicted octanol–water partition coefficient (Wildman–Crippen LogP) is 3.76. The second-order valence-electron chi connectivity index (χ2n) is 5.09. The summed E-state index contributed by atoms with van der Waals surface area (Å²) in [5.41, 5.74) is 0.846. The van der Waals surface area contributed by atoms with Crippen LogP contribution in [0.1, 0.15) is 24.1 Å². The van der Waals surface area contributed by atoms with Gasteiger partial charge in [0.25, 0.3) is 5.69 Å². The van der Waals surface area contributed by atoms with E-state index in [-0.39, 0.29) is 5.69 Å². The Bertz CT molecular complexity index is 806. The summed E-state index contributed by atoms with van der Waals surface area (Å²) in [5, 5.41) is 13.3. The molecule has 0 heterocycles. The standard InChI is InChI=1S/C17H14F2N2O3/c1-11(13-6-7-15(18)16(19)10-13)20-17(22)8-5-12-3-2-4-14(9-12)21(23)24/h2-11H,1H3,(H,20,22)/b8-5+. The van der Waals surface area contributed by atoms with Crippen LogP contribution in [0.15, 0.2) is 48.5 Å². The number of halogens is 2. The molecule has 2 aromatic carbocycles. The van der Waals surface area contributed by atoms with Crippen LogP contribution in [0.25, 0.3) is 6.08 Å². The fourth-order valence-corrected chi connectivity index (χ4v) is 2.04. The van der Waals surface area contributed by atoms with Gasteiger partial charge in [-0.25, -0.2) is 8.78 Å². The topological polar surface area (TPSA) is 72.2 Å². The molecule has 0 aliphatic heterocycles. The van der Waals surface area contributed by atoms with E-state index in [1.54, 1.807) is 13.0 Å². The molecule has 0 aliphatic rings. The lowest BCUT2D eigenvalue weighted by atomic mass is 10.1. The van der Waals surface area contributed by atoms with Gasteiger partial charge in [-0.15, -0.1) is 0 Å². The number of benzene rings is 2. The third-order valence-corrected chi connectivity index (χ3v) is 3.31. The first kappa shape index (κ1) is 17.3. The molecule has 2 rings (SSSR count). The lowest BCUT2D eigenvalue weighted by molar-refractivity contribution is -0.384. The fraction of sp³-hybridized carbons (Fsp3) is 0.118. The quantitative estimate of drug-likeness (QED) is 0.515. The minimum atomic E-state index is -0.985. The molecule has 0 bridgehead atoms. The molecule has 24 heavy (non-hydrogen) atoms. The molecule has 0 aliphatic carbocycles. The van der Waals surface area contributed by atoms with Crippen molar-refractivity contribution < 1.29 is 18.5 Å². The van der Waals surface area contributed by atoms with Crippen molar-refractivity contribution in [2.75, 3.05) is 0 Å². The molecule has 0 saturated heterocycles. The number of rotatable bonds is 5. The number of nitro benzene ring substituents is 1. The van der Waals surface area contributed by atoms with E-state index >= 15 is 0 Å². The molecule has 2 aromatic rings. The maximum Gasteiger partial charge on any atom is 0.270 e. The van der Waals surface area contributed by atoms with E-state index < -0.39 is 28.5 Å². The predicted molar refractivity (Wildman–Crippen MR) is 85.0 cm³/mol. The van der Waals surface area contributed by atoms with Gasteiger partial charge in [-0.3, -0.25) is 14.9 Å². The molecule has 0 spiro atoms. The van der Waals surface area contributed by atoms with Crippen LogP contribution in [0, 0.1) is 21.7 Å². The number of nitrogens with one attached hydrogen (secondary N) is 1. The number of hydrogen-bond acceptors (Lipinski definition) is 3. The molecule has 1 unspecified atom stereocenters. The van der Waals surface area contributed by atoms with E-state index in [9.17, 15) is 23.7 Å². The number of amides is 1. The Morgan fingerprint density at radius 1 is 1.21 bits per heavy atom. The van der Waals surface area contributed by atoms with E-state index in [1.165, 1.54) is 36.4 Å². The normalized spacial score (nSPS) is 12.1. The number of nitrogens with zero attached hydrogens (tertiary/aromatic N) is 1. The van der Waals surface area contributed by atoms with Crippen LogP contribution in [-0.2, 0) is 4.79 Å². The Morgan fingerprint density at radius 3 is 2.62 bits per heavy atom. The SMILES string of the molecule is CC(NC(=O)/C=C/c1cccc([N+](=O)[O-])c1)c1ccc(F)c(F)c1. The summed E-state index contributed by atoms with van der Waals surface area (Å²) >= 11 is 0. The molecular weight excluding hydrogens is 318 g/mol. The summed E-state index contributed by atoms with van der Waals surface area (Å²) in [7, 11) is 0. The Kier molecular flexibility index (Phi) is 5.36. The average molecular weight is 332 g/mol. The van der Waals surface area contributed by atoms with Crippen LogP contribution in [0.4, 0.5) is 14.5 Å². The van der Waals surface area contributed by atoms with Crippen molar-refractivity contribution in [2.24, 2.45) is 0 Å². The van der Waals surface area contributed by atoms with Gasteiger partial charge in [-0.1, -0.05) is 18.2 Å². The van der Waals surface area contributed by atoms with Gasteiger partial charge in [0.1, 0.15) is 0 Å². The van der Waals surface area contributed by atoms with Crippen LogP contribution < -0.4 is 5.32 Å². The molecule has 0 aromatic heterocycles. The Balaban J connectivity index is 2.03. The van der Waals surface area contributed by atoms with Crippen molar-refractivity contribution in [1.29, 1.82) is 0 Å². The first-order valence-electron chi connectivity index (χ1n) is 7.05. The zero-order valence-electron chi connectivity index (χ0n) is 12.7. The van der Waals surface area contributed by atoms with Crippen molar-refractivity contribution in [3.05, 3.63) is 81.4 Å². The lowest BCUT2D eigenvalue weighted by Crippen LogP contribution is -2.24. The zero-order chi connectivity index (χ0) is 17.7. The summed E-state index contributed by atoms with van der Waals surface area (Å²) in [5.74, 6) is -2.40. The van der Waals surface area contributed by atoms with Crippen molar-refractivity contribution in [1.82, 2.24) is 5.32 Å². The summed E-state index contributed by atoms with van der Waals surface area (Å²) in [6.45, 7) is 1.63. The second kappa shape index (κ2) is 7.45. The summed E-state index contributed by atoms with van der Waals surface area (Å²) in [4.78, 5) is 22.0. The minimum Gasteiger partial charge on any atom is -0.346 e. The third-order valence-electron chi connectivity index (χ3n) is 3.31. The highest BCUT2D eigenvalue weighted by atomic mass is 19.2. The van der Waals surface area contributed by atoms with Crippen LogP contribution in [-0.4, -0.2) is 10.8 Å². The third kappa shape index (κ3) is 4.45. The van der Waals surface area contributed by atoms with E-state index in [1.807, 2.05) is 0 Å². The largest absolute Gasteiger partial charge is 0.346 e. The fourth-order valence-electron chi connectivity index (χ4n) is 2.04.